The lowest BCUT2D eigenvalue weighted by Gasteiger charge is -2.38. The van der Waals surface area contributed by atoms with Crippen LogP contribution in [-0.2, 0) is 4.79 Å². The molecule has 0 bridgehead atoms. The van der Waals surface area contributed by atoms with Gasteiger partial charge < -0.3 is 14.7 Å². The van der Waals surface area contributed by atoms with Crippen molar-refractivity contribution in [3.63, 3.8) is 0 Å². The maximum atomic E-state index is 12.9. The molecule has 0 N–H and O–H groups in total. The van der Waals surface area contributed by atoms with E-state index in [0.717, 1.165) is 36.6 Å². The fourth-order valence-electron chi connectivity index (χ4n) is 3.61. The summed E-state index contributed by atoms with van der Waals surface area (Å²) in [4.78, 5) is 31.8. The lowest BCUT2D eigenvalue weighted by Crippen LogP contribution is -2.45. The summed E-state index contributed by atoms with van der Waals surface area (Å²) in [7, 11) is 4.13. The zero-order chi connectivity index (χ0) is 20.1. The van der Waals surface area contributed by atoms with Crippen molar-refractivity contribution in [2.75, 3.05) is 50.1 Å². The highest BCUT2D eigenvalue weighted by atomic mass is 16.2. The second-order valence-corrected chi connectivity index (χ2v) is 7.56. The Morgan fingerprint density at radius 1 is 0.929 bits per heavy atom. The smallest absolute Gasteiger partial charge is 0.227 e. The second-order valence-electron chi connectivity index (χ2n) is 7.56. The molecular formula is C23H29N3O2. The first-order valence-corrected chi connectivity index (χ1v) is 9.85. The third-order valence-electron chi connectivity index (χ3n) is 5.24. The number of carbonyl (C=O) groups excluding carboxylic acids is 2. The summed E-state index contributed by atoms with van der Waals surface area (Å²) >= 11 is 0. The van der Waals surface area contributed by atoms with Gasteiger partial charge in [0, 0.05) is 44.6 Å². The number of carbonyl (C=O) groups is 2. The van der Waals surface area contributed by atoms with E-state index in [1.807, 2.05) is 54.3 Å². The van der Waals surface area contributed by atoms with Crippen LogP contribution in [0.4, 0.5) is 11.4 Å². The molecule has 1 aliphatic rings. The predicted octanol–water partition coefficient (Wildman–Crippen LogP) is 3.37. The molecule has 28 heavy (non-hydrogen) atoms. The number of anilines is 2. The van der Waals surface area contributed by atoms with Gasteiger partial charge in [0.15, 0.2) is 5.78 Å². The van der Waals surface area contributed by atoms with Crippen molar-refractivity contribution >= 4 is 23.1 Å². The van der Waals surface area contributed by atoms with Gasteiger partial charge in [-0.15, -0.1) is 0 Å². The molecule has 0 spiro atoms. The Hall–Kier alpha value is -2.66. The minimum atomic E-state index is 0.0154. The van der Waals surface area contributed by atoms with Gasteiger partial charge in [-0.05, 0) is 38.7 Å². The van der Waals surface area contributed by atoms with E-state index in [0.29, 0.717) is 12.1 Å². The average Bonchev–Trinajstić information content (AvgIpc) is 2.70. The molecule has 0 fully saturated rings. The van der Waals surface area contributed by atoms with Gasteiger partial charge in [-0.1, -0.05) is 36.4 Å². The van der Waals surface area contributed by atoms with E-state index in [9.17, 15) is 9.59 Å². The first-order valence-electron chi connectivity index (χ1n) is 9.85. The molecule has 0 atom stereocenters. The molecule has 0 aromatic heterocycles. The van der Waals surface area contributed by atoms with Crippen LogP contribution in [0.25, 0.3) is 0 Å². The SMILES string of the molecule is Cc1ccccc1C(=O)CCC(=O)N1CCN(CCN(C)C)c2ccccc21. The third-order valence-corrected chi connectivity index (χ3v) is 5.24. The molecular weight excluding hydrogens is 350 g/mol. The van der Waals surface area contributed by atoms with Crippen LogP contribution in [0.3, 0.4) is 0 Å². The Morgan fingerprint density at radius 2 is 1.61 bits per heavy atom. The minimum Gasteiger partial charge on any atom is -0.367 e. The monoisotopic (exact) mass is 379 g/mol. The highest BCUT2D eigenvalue weighted by Gasteiger charge is 2.26. The van der Waals surface area contributed by atoms with Gasteiger partial charge in [0.1, 0.15) is 0 Å². The standard InChI is InChI=1S/C23H29N3O2/c1-18-8-4-5-9-19(18)22(27)12-13-23(28)26-17-16-25(15-14-24(2)3)20-10-6-7-11-21(20)26/h4-11H,12-17H2,1-3H3. The number of ketones is 1. The number of Topliss-reactive ketones (excluding diaryl/α,β-unsaturated/α-hetero) is 1. The number of amides is 1. The van der Waals surface area contributed by atoms with Crippen molar-refractivity contribution in [2.24, 2.45) is 0 Å². The van der Waals surface area contributed by atoms with Gasteiger partial charge in [-0.25, -0.2) is 0 Å². The Morgan fingerprint density at radius 3 is 2.32 bits per heavy atom. The summed E-state index contributed by atoms with van der Waals surface area (Å²) in [5.74, 6) is 0.0472. The number of para-hydroxylation sites is 2. The van der Waals surface area contributed by atoms with E-state index in [-0.39, 0.29) is 24.5 Å². The lowest BCUT2D eigenvalue weighted by atomic mass is 10.0. The first kappa shape index (κ1) is 20.1. The van der Waals surface area contributed by atoms with Crippen molar-refractivity contribution in [3.05, 3.63) is 59.7 Å². The molecule has 2 aromatic carbocycles. The Labute approximate surface area is 167 Å². The summed E-state index contributed by atoms with van der Waals surface area (Å²) in [6.07, 6.45) is 0.478. The molecule has 0 aliphatic carbocycles. The van der Waals surface area contributed by atoms with Gasteiger partial charge in [0.05, 0.1) is 11.4 Å². The molecule has 0 saturated heterocycles. The number of likely N-dealkylation sites (N-methyl/N-ethyl adjacent to an activating group) is 1. The zero-order valence-corrected chi connectivity index (χ0v) is 17.0. The van der Waals surface area contributed by atoms with E-state index in [1.54, 1.807) is 0 Å². The van der Waals surface area contributed by atoms with E-state index >= 15 is 0 Å². The van der Waals surface area contributed by atoms with E-state index < -0.39 is 0 Å². The molecule has 0 saturated carbocycles. The number of hydrogen-bond donors (Lipinski definition) is 0. The topological polar surface area (TPSA) is 43.9 Å². The van der Waals surface area contributed by atoms with Crippen molar-refractivity contribution in [3.8, 4) is 0 Å². The van der Waals surface area contributed by atoms with Gasteiger partial charge in [-0.2, -0.15) is 0 Å². The molecule has 3 rings (SSSR count). The van der Waals surface area contributed by atoms with E-state index in [4.69, 9.17) is 0 Å². The number of nitrogens with zero attached hydrogens (tertiary/aromatic N) is 3. The normalized spacial score (nSPS) is 13.6. The van der Waals surface area contributed by atoms with Crippen LogP contribution < -0.4 is 9.80 Å². The summed E-state index contributed by atoms with van der Waals surface area (Å²) in [6.45, 7) is 5.29. The van der Waals surface area contributed by atoms with Crippen LogP contribution >= 0.6 is 0 Å². The maximum Gasteiger partial charge on any atom is 0.227 e. The largest absolute Gasteiger partial charge is 0.367 e. The molecule has 1 amide bonds. The molecule has 2 aromatic rings. The van der Waals surface area contributed by atoms with Crippen molar-refractivity contribution in [1.29, 1.82) is 0 Å². The number of hydrogen-bond acceptors (Lipinski definition) is 4. The van der Waals surface area contributed by atoms with Crippen LogP contribution in [0.1, 0.15) is 28.8 Å². The molecule has 5 heteroatoms. The molecule has 0 unspecified atom stereocenters. The average molecular weight is 380 g/mol. The van der Waals surface area contributed by atoms with Crippen LogP contribution in [0.5, 0.6) is 0 Å². The molecule has 148 valence electrons. The minimum absolute atomic E-state index is 0.0154. The van der Waals surface area contributed by atoms with Crippen LogP contribution in [0, 0.1) is 6.92 Å². The summed E-state index contributed by atoms with van der Waals surface area (Å²) in [6, 6.07) is 15.6. The van der Waals surface area contributed by atoms with Crippen LogP contribution in [-0.4, -0.2) is 56.9 Å². The number of rotatable bonds is 7. The lowest BCUT2D eigenvalue weighted by molar-refractivity contribution is -0.118. The quantitative estimate of drug-likeness (QED) is 0.692. The number of benzene rings is 2. The highest BCUT2D eigenvalue weighted by Crippen LogP contribution is 2.33. The molecule has 0 radical (unpaired) electrons. The van der Waals surface area contributed by atoms with Gasteiger partial charge >= 0.3 is 0 Å². The Bertz CT molecular complexity index is 847. The van der Waals surface area contributed by atoms with Crippen LogP contribution in [0.15, 0.2) is 48.5 Å². The summed E-state index contributed by atoms with van der Waals surface area (Å²) in [5, 5.41) is 0. The second kappa shape index (κ2) is 9.02. The van der Waals surface area contributed by atoms with Crippen molar-refractivity contribution in [1.82, 2.24) is 4.90 Å². The Kier molecular flexibility index (Phi) is 6.47. The van der Waals surface area contributed by atoms with Gasteiger partial charge in [-0.3, -0.25) is 9.59 Å². The summed E-state index contributed by atoms with van der Waals surface area (Å²) in [5.41, 5.74) is 3.71. The van der Waals surface area contributed by atoms with Crippen LogP contribution in [0.2, 0.25) is 0 Å². The Balaban J connectivity index is 1.67. The van der Waals surface area contributed by atoms with Gasteiger partial charge in [0.2, 0.25) is 5.91 Å². The molecule has 5 nitrogen and oxygen atoms in total. The van der Waals surface area contributed by atoms with Crippen molar-refractivity contribution < 1.29 is 9.59 Å². The van der Waals surface area contributed by atoms with E-state index in [2.05, 4.69) is 30.0 Å². The first-order chi connectivity index (χ1) is 13.5. The molecule has 1 aliphatic heterocycles. The summed E-state index contributed by atoms with van der Waals surface area (Å²) < 4.78 is 0. The zero-order valence-electron chi connectivity index (χ0n) is 17.0. The fourth-order valence-corrected chi connectivity index (χ4v) is 3.61. The van der Waals surface area contributed by atoms with Crippen molar-refractivity contribution in [2.45, 2.75) is 19.8 Å². The number of aryl methyl sites for hydroxylation is 1. The fraction of sp³-hybridized carbons (Fsp3) is 0.391. The predicted molar refractivity (Wildman–Crippen MR) is 114 cm³/mol. The highest BCUT2D eigenvalue weighted by molar-refractivity contribution is 6.03. The maximum absolute atomic E-state index is 12.9. The number of fused-ring (bicyclic) bond motifs is 1. The van der Waals surface area contributed by atoms with Gasteiger partial charge in [0.25, 0.3) is 0 Å². The van der Waals surface area contributed by atoms with E-state index in [1.165, 1.54) is 0 Å². The molecule has 1 heterocycles. The third kappa shape index (κ3) is 4.60.